The highest BCUT2D eigenvalue weighted by atomic mass is 35.5. The topological polar surface area (TPSA) is 26.0 Å². The van der Waals surface area contributed by atoms with Gasteiger partial charge in [-0.2, -0.15) is 0 Å². The first-order valence-electron chi connectivity index (χ1n) is 4.63. The molecule has 0 amide bonds. The molecule has 0 aromatic heterocycles. The average Bonchev–Trinajstić information content (AvgIpc) is 2.04. The standard InChI is InChI=1S/C9H18ClN/c1-2-8(11)9(10)6-4-3-5-7-9/h8H,2-7,11H2,1H3. The zero-order chi connectivity index (χ0) is 8.32. The van der Waals surface area contributed by atoms with E-state index in [0.717, 1.165) is 19.3 Å². The molecular weight excluding hydrogens is 158 g/mol. The van der Waals surface area contributed by atoms with Crippen LogP contribution in [0.3, 0.4) is 0 Å². The lowest BCUT2D eigenvalue weighted by molar-refractivity contribution is 0.330. The quantitative estimate of drug-likeness (QED) is 0.642. The summed E-state index contributed by atoms with van der Waals surface area (Å²) in [5.41, 5.74) is 5.95. The van der Waals surface area contributed by atoms with Gasteiger partial charge in [0.1, 0.15) is 0 Å². The second-order valence-corrected chi connectivity index (χ2v) is 4.36. The average molecular weight is 176 g/mol. The molecule has 2 N–H and O–H groups in total. The molecular formula is C9H18ClN. The van der Waals surface area contributed by atoms with Gasteiger partial charge in [-0.3, -0.25) is 0 Å². The molecule has 0 aliphatic heterocycles. The minimum atomic E-state index is -0.0625. The Bertz CT molecular complexity index is 119. The number of rotatable bonds is 2. The highest BCUT2D eigenvalue weighted by molar-refractivity contribution is 6.24. The Morgan fingerprint density at radius 1 is 1.36 bits per heavy atom. The molecule has 66 valence electrons. The lowest BCUT2D eigenvalue weighted by Crippen LogP contribution is -2.44. The minimum Gasteiger partial charge on any atom is -0.326 e. The van der Waals surface area contributed by atoms with Crippen LogP contribution >= 0.6 is 11.6 Å². The van der Waals surface area contributed by atoms with Gasteiger partial charge < -0.3 is 5.73 Å². The molecule has 1 unspecified atom stereocenters. The van der Waals surface area contributed by atoms with Gasteiger partial charge in [0.25, 0.3) is 0 Å². The van der Waals surface area contributed by atoms with Crippen LogP contribution in [0.2, 0.25) is 0 Å². The summed E-state index contributed by atoms with van der Waals surface area (Å²) in [4.78, 5) is -0.0625. The summed E-state index contributed by atoms with van der Waals surface area (Å²) in [6, 6.07) is 0.199. The van der Waals surface area contributed by atoms with Crippen LogP contribution in [0.15, 0.2) is 0 Å². The molecule has 1 nitrogen and oxygen atoms in total. The van der Waals surface area contributed by atoms with E-state index in [1.807, 2.05) is 0 Å². The Labute approximate surface area is 74.3 Å². The van der Waals surface area contributed by atoms with Crippen molar-refractivity contribution in [3.63, 3.8) is 0 Å². The minimum absolute atomic E-state index is 0.0625. The molecule has 1 aliphatic rings. The summed E-state index contributed by atoms with van der Waals surface area (Å²) in [7, 11) is 0. The van der Waals surface area contributed by atoms with Gasteiger partial charge in [-0.1, -0.05) is 26.2 Å². The molecule has 1 aliphatic carbocycles. The third-order valence-electron chi connectivity index (χ3n) is 2.79. The van der Waals surface area contributed by atoms with E-state index in [2.05, 4.69) is 6.92 Å². The first-order chi connectivity index (χ1) is 5.19. The highest BCUT2D eigenvalue weighted by Crippen LogP contribution is 2.36. The van der Waals surface area contributed by atoms with Crippen molar-refractivity contribution in [1.82, 2.24) is 0 Å². The van der Waals surface area contributed by atoms with Crippen molar-refractivity contribution in [3.8, 4) is 0 Å². The van der Waals surface area contributed by atoms with Crippen LogP contribution in [0.4, 0.5) is 0 Å². The molecule has 0 aromatic rings. The number of nitrogens with two attached hydrogens (primary N) is 1. The lowest BCUT2D eigenvalue weighted by atomic mass is 9.82. The maximum Gasteiger partial charge on any atom is 0.0597 e. The molecule has 0 saturated heterocycles. The third-order valence-corrected chi connectivity index (χ3v) is 3.45. The predicted octanol–water partition coefficient (Wildman–Crippen LogP) is 2.67. The van der Waals surface area contributed by atoms with Gasteiger partial charge in [-0.05, 0) is 19.3 Å². The molecule has 1 saturated carbocycles. The maximum absolute atomic E-state index is 6.40. The van der Waals surface area contributed by atoms with Crippen molar-refractivity contribution in [3.05, 3.63) is 0 Å². The van der Waals surface area contributed by atoms with E-state index in [0.29, 0.717) is 0 Å². The van der Waals surface area contributed by atoms with Gasteiger partial charge in [0, 0.05) is 6.04 Å². The van der Waals surface area contributed by atoms with E-state index in [-0.39, 0.29) is 10.9 Å². The fourth-order valence-corrected chi connectivity index (χ4v) is 2.30. The van der Waals surface area contributed by atoms with Gasteiger partial charge in [0.05, 0.1) is 4.87 Å². The van der Waals surface area contributed by atoms with Crippen molar-refractivity contribution >= 4 is 11.6 Å². The molecule has 1 fully saturated rings. The van der Waals surface area contributed by atoms with Gasteiger partial charge >= 0.3 is 0 Å². The number of hydrogen-bond donors (Lipinski definition) is 1. The van der Waals surface area contributed by atoms with Crippen molar-refractivity contribution in [2.75, 3.05) is 0 Å². The van der Waals surface area contributed by atoms with E-state index in [1.165, 1.54) is 19.3 Å². The number of halogens is 1. The van der Waals surface area contributed by atoms with Crippen LogP contribution in [0.1, 0.15) is 45.4 Å². The Hall–Kier alpha value is 0.250. The van der Waals surface area contributed by atoms with Gasteiger partial charge in [-0.15, -0.1) is 11.6 Å². The van der Waals surface area contributed by atoms with E-state index in [4.69, 9.17) is 17.3 Å². The fraction of sp³-hybridized carbons (Fsp3) is 1.00. The van der Waals surface area contributed by atoms with E-state index >= 15 is 0 Å². The number of hydrogen-bond acceptors (Lipinski definition) is 1. The molecule has 1 atom stereocenters. The van der Waals surface area contributed by atoms with Crippen LogP contribution in [0, 0.1) is 0 Å². The van der Waals surface area contributed by atoms with Crippen molar-refractivity contribution in [2.45, 2.75) is 56.4 Å². The summed E-state index contributed by atoms with van der Waals surface area (Å²) in [6.45, 7) is 2.11. The molecule has 2 heteroatoms. The first kappa shape index (κ1) is 9.34. The molecule has 0 aromatic carbocycles. The Morgan fingerprint density at radius 2 is 1.91 bits per heavy atom. The summed E-state index contributed by atoms with van der Waals surface area (Å²) in [6.07, 6.45) is 7.09. The summed E-state index contributed by atoms with van der Waals surface area (Å²) in [5, 5.41) is 0. The third kappa shape index (κ3) is 2.09. The lowest BCUT2D eigenvalue weighted by Gasteiger charge is -2.35. The zero-order valence-electron chi connectivity index (χ0n) is 7.28. The maximum atomic E-state index is 6.40. The van der Waals surface area contributed by atoms with Gasteiger partial charge in [0.2, 0.25) is 0 Å². The summed E-state index contributed by atoms with van der Waals surface area (Å²) in [5.74, 6) is 0. The normalized spacial score (nSPS) is 26.5. The van der Waals surface area contributed by atoms with Gasteiger partial charge in [0.15, 0.2) is 0 Å². The van der Waals surface area contributed by atoms with Crippen LogP contribution in [0.5, 0.6) is 0 Å². The van der Waals surface area contributed by atoms with E-state index < -0.39 is 0 Å². The first-order valence-corrected chi connectivity index (χ1v) is 5.01. The van der Waals surface area contributed by atoms with Crippen LogP contribution < -0.4 is 5.73 Å². The van der Waals surface area contributed by atoms with Crippen LogP contribution in [-0.2, 0) is 0 Å². The van der Waals surface area contributed by atoms with Crippen LogP contribution in [0.25, 0.3) is 0 Å². The van der Waals surface area contributed by atoms with E-state index in [1.54, 1.807) is 0 Å². The predicted molar refractivity (Wildman–Crippen MR) is 49.9 cm³/mol. The summed E-state index contributed by atoms with van der Waals surface area (Å²) < 4.78 is 0. The van der Waals surface area contributed by atoms with Crippen molar-refractivity contribution in [2.24, 2.45) is 5.73 Å². The van der Waals surface area contributed by atoms with Crippen LogP contribution in [-0.4, -0.2) is 10.9 Å². The fourth-order valence-electron chi connectivity index (χ4n) is 1.88. The Morgan fingerprint density at radius 3 is 2.36 bits per heavy atom. The Balaban J connectivity index is 2.49. The zero-order valence-corrected chi connectivity index (χ0v) is 8.03. The van der Waals surface area contributed by atoms with Crippen molar-refractivity contribution in [1.29, 1.82) is 0 Å². The molecule has 0 spiro atoms. The second kappa shape index (κ2) is 3.77. The van der Waals surface area contributed by atoms with E-state index in [9.17, 15) is 0 Å². The SMILES string of the molecule is CCC(N)C1(Cl)CCCCC1. The van der Waals surface area contributed by atoms with Crippen molar-refractivity contribution < 1.29 is 0 Å². The highest BCUT2D eigenvalue weighted by Gasteiger charge is 2.34. The van der Waals surface area contributed by atoms with Gasteiger partial charge in [-0.25, -0.2) is 0 Å². The molecule has 1 rings (SSSR count). The smallest absolute Gasteiger partial charge is 0.0597 e. The second-order valence-electron chi connectivity index (χ2n) is 3.61. The molecule has 11 heavy (non-hydrogen) atoms. The molecule has 0 heterocycles. The summed E-state index contributed by atoms with van der Waals surface area (Å²) >= 11 is 6.40. The molecule has 0 bridgehead atoms. The largest absolute Gasteiger partial charge is 0.326 e. The molecule has 0 radical (unpaired) electrons. The Kier molecular flexibility index (Phi) is 3.20. The monoisotopic (exact) mass is 175 g/mol. The number of alkyl halides is 1.